The van der Waals surface area contributed by atoms with Crippen LogP contribution in [-0.4, -0.2) is 11.3 Å². The fraction of sp³-hybridized carbons (Fsp3) is 0. The van der Waals surface area contributed by atoms with Crippen molar-refractivity contribution >= 4 is 11.9 Å². The maximum absolute atomic E-state index is 9.52. The van der Waals surface area contributed by atoms with Gasteiger partial charge in [-0.15, -0.1) is 0 Å². The highest BCUT2D eigenvalue weighted by Gasteiger charge is 1.98. The van der Waals surface area contributed by atoms with E-state index in [0.717, 1.165) is 22.4 Å². The van der Waals surface area contributed by atoms with E-state index >= 15 is 0 Å². The minimum absolute atomic E-state index is 0.273. The van der Waals surface area contributed by atoms with E-state index in [1.165, 1.54) is 0 Å². The number of nitrogens with zero attached hydrogens (tertiary/aromatic N) is 1. The molecule has 3 heteroatoms. The maximum atomic E-state index is 9.52. The third kappa shape index (κ3) is 3.52. The molecule has 3 nitrogen and oxygen atoms in total. The van der Waals surface area contributed by atoms with Gasteiger partial charge in [0, 0.05) is 0 Å². The summed E-state index contributed by atoms with van der Waals surface area (Å²) in [4.78, 5) is 0. The van der Waals surface area contributed by atoms with Crippen LogP contribution in [0.25, 0.3) is 11.1 Å². The summed E-state index contributed by atoms with van der Waals surface area (Å²) in [6.07, 6.45) is 1.78. The van der Waals surface area contributed by atoms with Gasteiger partial charge in [0.05, 0.1) is 11.9 Å². The van der Waals surface area contributed by atoms with Gasteiger partial charge in [-0.25, -0.2) is 0 Å². The number of rotatable bonds is 4. The summed E-state index contributed by atoms with van der Waals surface area (Å²) in [7, 11) is 0. The third-order valence-electron chi connectivity index (χ3n) is 3.27. The number of phenolic OH excluding ortho intramolecular Hbond substituents is 1. The number of hydrogen-bond acceptors (Lipinski definition) is 3. The van der Waals surface area contributed by atoms with Crippen molar-refractivity contribution < 1.29 is 5.11 Å². The molecule has 0 fully saturated rings. The van der Waals surface area contributed by atoms with Crippen LogP contribution in [0, 0.1) is 0 Å². The Hall–Kier alpha value is -3.07. The summed E-state index contributed by atoms with van der Waals surface area (Å²) in [5.41, 5.74) is 6.99. The summed E-state index contributed by atoms with van der Waals surface area (Å²) in [6, 6.07) is 25.1. The molecule has 0 atom stereocenters. The second-order valence-corrected chi connectivity index (χ2v) is 4.91. The van der Waals surface area contributed by atoms with Gasteiger partial charge < -0.3 is 5.11 Å². The van der Waals surface area contributed by atoms with Crippen LogP contribution in [0.5, 0.6) is 5.75 Å². The van der Waals surface area contributed by atoms with E-state index in [2.05, 4.69) is 10.5 Å². The van der Waals surface area contributed by atoms with Crippen LogP contribution in [0.1, 0.15) is 5.56 Å². The van der Waals surface area contributed by atoms with Crippen LogP contribution in [0.2, 0.25) is 0 Å². The van der Waals surface area contributed by atoms with Gasteiger partial charge >= 0.3 is 0 Å². The summed E-state index contributed by atoms with van der Waals surface area (Å²) >= 11 is 0. The number of nitrogens with one attached hydrogen (secondary N) is 1. The van der Waals surface area contributed by atoms with Gasteiger partial charge in [-0.05, 0) is 41.0 Å². The Morgan fingerprint density at radius 2 is 1.55 bits per heavy atom. The van der Waals surface area contributed by atoms with E-state index in [9.17, 15) is 5.11 Å². The van der Waals surface area contributed by atoms with Crippen molar-refractivity contribution in [3.63, 3.8) is 0 Å². The quantitative estimate of drug-likeness (QED) is 0.548. The SMILES string of the molecule is Oc1cccc(-c2ccc(C=NNc3ccccc3)cc2)c1. The zero-order valence-electron chi connectivity index (χ0n) is 12.0. The van der Waals surface area contributed by atoms with Gasteiger partial charge in [-0.1, -0.05) is 54.6 Å². The summed E-state index contributed by atoms with van der Waals surface area (Å²) < 4.78 is 0. The second-order valence-electron chi connectivity index (χ2n) is 4.91. The van der Waals surface area contributed by atoms with Crippen LogP contribution >= 0.6 is 0 Å². The number of anilines is 1. The van der Waals surface area contributed by atoms with Crippen molar-refractivity contribution in [2.45, 2.75) is 0 Å². The first-order valence-corrected chi connectivity index (χ1v) is 7.05. The first-order valence-electron chi connectivity index (χ1n) is 7.05. The molecule has 0 aromatic heterocycles. The molecule has 0 radical (unpaired) electrons. The molecule has 108 valence electrons. The molecule has 22 heavy (non-hydrogen) atoms. The number of phenols is 1. The lowest BCUT2D eigenvalue weighted by Crippen LogP contribution is -1.90. The second kappa shape index (κ2) is 6.59. The van der Waals surface area contributed by atoms with E-state index in [0.29, 0.717) is 0 Å². The molecule has 0 saturated carbocycles. The smallest absolute Gasteiger partial charge is 0.116 e. The molecule has 2 N–H and O–H groups in total. The zero-order valence-corrected chi connectivity index (χ0v) is 12.0. The highest BCUT2D eigenvalue weighted by Crippen LogP contribution is 2.23. The van der Waals surface area contributed by atoms with Gasteiger partial charge in [0.15, 0.2) is 0 Å². The lowest BCUT2D eigenvalue weighted by atomic mass is 10.0. The Labute approximate surface area is 129 Å². The van der Waals surface area contributed by atoms with Gasteiger partial charge in [0.1, 0.15) is 5.75 Å². The van der Waals surface area contributed by atoms with Crippen molar-refractivity contribution in [2.75, 3.05) is 5.43 Å². The van der Waals surface area contributed by atoms with E-state index in [4.69, 9.17) is 0 Å². The highest BCUT2D eigenvalue weighted by atomic mass is 16.3. The number of aromatic hydroxyl groups is 1. The molecule has 3 rings (SSSR count). The molecule has 0 unspecified atom stereocenters. The largest absolute Gasteiger partial charge is 0.508 e. The molecule has 0 aliphatic rings. The molecule has 0 heterocycles. The van der Waals surface area contributed by atoms with Crippen molar-refractivity contribution in [1.82, 2.24) is 0 Å². The van der Waals surface area contributed by atoms with Gasteiger partial charge in [0.25, 0.3) is 0 Å². The number of hydrazone groups is 1. The van der Waals surface area contributed by atoms with Gasteiger partial charge in [0.2, 0.25) is 0 Å². The van der Waals surface area contributed by atoms with Gasteiger partial charge in [-0.2, -0.15) is 5.10 Å². The maximum Gasteiger partial charge on any atom is 0.116 e. The normalized spacial score (nSPS) is 10.7. The predicted octanol–water partition coefficient (Wildman–Crippen LogP) is 4.51. The molecule has 0 aliphatic carbocycles. The Morgan fingerprint density at radius 3 is 2.27 bits per heavy atom. The Bertz CT molecular complexity index is 765. The zero-order chi connectivity index (χ0) is 15.2. The molecule has 0 bridgehead atoms. The average Bonchev–Trinajstić information content (AvgIpc) is 2.56. The molecule has 0 aliphatic heterocycles. The van der Waals surface area contributed by atoms with Crippen molar-refractivity contribution in [3.8, 4) is 16.9 Å². The van der Waals surface area contributed by atoms with Crippen molar-refractivity contribution in [3.05, 3.63) is 84.4 Å². The molecule has 3 aromatic carbocycles. The first kappa shape index (κ1) is 13.9. The molecule has 0 saturated heterocycles. The summed E-state index contributed by atoms with van der Waals surface area (Å²) in [5.74, 6) is 0.273. The van der Waals surface area contributed by atoms with Crippen LogP contribution in [0.4, 0.5) is 5.69 Å². The topological polar surface area (TPSA) is 44.6 Å². The molecule has 3 aromatic rings. The lowest BCUT2D eigenvalue weighted by molar-refractivity contribution is 0.475. The minimum Gasteiger partial charge on any atom is -0.508 e. The summed E-state index contributed by atoms with van der Waals surface area (Å²) in [5, 5.41) is 13.7. The predicted molar refractivity (Wildman–Crippen MR) is 91.2 cm³/mol. The van der Waals surface area contributed by atoms with Gasteiger partial charge in [-0.3, -0.25) is 5.43 Å². The molecule has 0 amide bonds. The van der Waals surface area contributed by atoms with E-state index in [1.807, 2.05) is 66.7 Å². The van der Waals surface area contributed by atoms with Crippen LogP contribution in [-0.2, 0) is 0 Å². The molecular formula is C19H16N2O. The highest BCUT2D eigenvalue weighted by molar-refractivity contribution is 5.81. The summed E-state index contributed by atoms with van der Waals surface area (Å²) in [6.45, 7) is 0. The Balaban J connectivity index is 1.69. The van der Waals surface area contributed by atoms with E-state index in [1.54, 1.807) is 18.3 Å². The van der Waals surface area contributed by atoms with Crippen molar-refractivity contribution in [2.24, 2.45) is 5.10 Å². The van der Waals surface area contributed by atoms with Crippen LogP contribution in [0.15, 0.2) is 84.0 Å². The Morgan fingerprint density at radius 1 is 0.773 bits per heavy atom. The first-order chi connectivity index (χ1) is 10.8. The van der Waals surface area contributed by atoms with Crippen LogP contribution < -0.4 is 5.43 Å². The third-order valence-corrected chi connectivity index (χ3v) is 3.27. The molecular weight excluding hydrogens is 272 g/mol. The monoisotopic (exact) mass is 288 g/mol. The number of para-hydroxylation sites is 1. The van der Waals surface area contributed by atoms with E-state index in [-0.39, 0.29) is 5.75 Å². The molecule has 0 spiro atoms. The minimum atomic E-state index is 0.273. The van der Waals surface area contributed by atoms with Crippen LogP contribution in [0.3, 0.4) is 0 Å². The lowest BCUT2D eigenvalue weighted by Gasteiger charge is -2.03. The van der Waals surface area contributed by atoms with Crippen molar-refractivity contribution in [1.29, 1.82) is 0 Å². The Kier molecular flexibility index (Phi) is 4.16. The fourth-order valence-corrected chi connectivity index (χ4v) is 2.14. The van der Waals surface area contributed by atoms with E-state index < -0.39 is 0 Å². The fourth-order valence-electron chi connectivity index (χ4n) is 2.14. The average molecular weight is 288 g/mol. The number of hydrogen-bond donors (Lipinski definition) is 2. The number of benzene rings is 3. The standard InChI is InChI=1S/C19H16N2O/c22-19-8-4-5-17(13-19)16-11-9-15(10-12-16)14-20-21-18-6-2-1-3-7-18/h1-14,21-22H.